The van der Waals surface area contributed by atoms with Crippen LogP contribution < -0.4 is 0 Å². The predicted molar refractivity (Wildman–Crippen MR) is 243 cm³/mol. The van der Waals surface area contributed by atoms with E-state index >= 15 is 0 Å². The summed E-state index contributed by atoms with van der Waals surface area (Å²) < 4.78 is 95.3. The first-order valence-electron chi connectivity index (χ1n) is 21.7. The number of aliphatic hydroxyl groups is 1. The van der Waals surface area contributed by atoms with Crippen LogP contribution in [0.2, 0.25) is 0 Å². The molecule has 0 aromatic heterocycles. The molecular formula is C45H78O12S3Ti. The first kappa shape index (κ1) is 63.3. The molecule has 0 amide bonds. The van der Waals surface area contributed by atoms with Gasteiger partial charge in [-0.25, -0.2) is 4.79 Å². The minimum absolute atomic E-state index is 0. The van der Waals surface area contributed by atoms with E-state index in [2.05, 4.69) is 25.2 Å². The molecule has 352 valence electrons. The van der Waals surface area contributed by atoms with Gasteiger partial charge in [-0.05, 0) is 81.8 Å². The Morgan fingerprint density at radius 3 is 1.15 bits per heavy atom. The van der Waals surface area contributed by atoms with Gasteiger partial charge in [-0.15, -0.1) is 0 Å². The summed E-state index contributed by atoms with van der Waals surface area (Å²) in [4.78, 5) is 10.6. The monoisotopic (exact) mass is 954 g/mol. The molecule has 2 rings (SSSR count). The summed E-state index contributed by atoms with van der Waals surface area (Å²) in [5, 5.41) is 8.06. The van der Waals surface area contributed by atoms with Gasteiger partial charge in [0.05, 0.1) is 9.79 Å². The summed E-state index contributed by atoms with van der Waals surface area (Å²) in [6.45, 7) is 12.3. The molecule has 0 spiro atoms. The molecule has 0 saturated heterocycles. The zero-order chi connectivity index (χ0) is 45.9. The van der Waals surface area contributed by atoms with Crippen molar-refractivity contribution in [1.82, 2.24) is 0 Å². The molecule has 0 radical (unpaired) electrons. The number of unbranched alkanes of at least 4 members (excludes halogenated alkanes) is 18. The Balaban J connectivity index is -0.000000815. The molecule has 0 aliphatic heterocycles. The number of aliphatic hydroxyl groups excluding tert-OH is 1. The van der Waals surface area contributed by atoms with Crippen LogP contribution in [-0.4, -0.2) is 68.5 Å². The van der Waals surface area contributed by atoms with Gasteiger partial charge in [0.2, 0.25) is 0 Å². The maximum atomic E-state index is 11.1. The molecule has 2 aromatic carbocycles. The molecule has 0 heterocycles. The third-order valence-corrected chi connectivity index (χ3v) is 11.3. The molecule has 0 aliphatic carbocycles. The zero-order valence-electron chi connectivity index (χ0n) is 37.7. The Morgan fingerprint density at radius 2 is 0.885 bits per heavy atom. The van der Waals surface area contributed by atoms with Gasteiger partial charge >= 0.3 is 5.97 Å². The summed E-state index contributed by atoms with van der Waals surface area (Å²) in [6, 6.07) is 13.2. The number of hydrogen-bond acceptors (Lipinski definition) is 9. The van der Waals surface area contributed by atoms with Crippen LogP contribution in [0.4, 0.5) is 0 Å². The largest absolute Gasteiger partial charge is 0.461 e. The number of carbonyl (C=O) groups is 1. The van der Waals surface area contributed by atoms with Crippen molar-refractivity contribution >= 4 is 36.3 Å². The van der Waals surface area contributed by atoms with E-state index in [0.29, 0.717) is 0 Å². The third kappa shape index (κ3) is 43.1. The number of esters is 1. The number of hydrogen-bond donors (Lipinski definition) is 4. The van der Waals surface area contributed by atoms with Crippen LogP contribution in [0.3, 0.4) is 0 Å². The van der Waals surface area contributed by atoms with E-state index in [1.807, 2.05) is 12.1 Å². The van der Waals surface area contributed by atoms with E-state index in [4.69, 9.17) is 18.8 Å². The minimum Gasteiger partial charge on any atom is -0.461 e. The maximum Gasteiger partial charge on any atom is 0.333 e. The average molecular weight is 955 g/mol. The van der Waals surface area contributed by atoms with Crippen LogP contribution in [0, 0.1) is 0 Å². The molecule has 16 heteroatoms. The molecule has 12 nitrogen and oxygen atoms in total. The van der Waals surface area contributed by atoms with Gasteiger partial charge in [0.25, 0.3) is 30.4 Å². The Morgan fingerprint density at radius 1 is 0.590 bits per heavy atom. The number of benzene rings is 2. The average Bonchev–Trinajstić information content (AvgIpc) is 3.15. The fourth-order valence-corrected chi connectivity index (χ4v) is 7.11. The first-order valence-corrected chi connectivity index (χ1v) is 26.2. The van der Waals surface area contributed by atoms with Gasteiger partial charge in [-0.2, -0.15) is 25.3 Å². The van der Waals surface area contributed by atoms with E-state index in [0.717, 1.165) is 36.8 Å². The van der Waals surface area contributed by atoms with Crippen LogP contribution >= 0.6 is 0 Å². The van der Waals surface area contributed by atoms with Gasteiger partial charge in [-0.3, -0.25) is 13.7 Å². The van der Waals surface area contributed by atoms with Crippen molar-refractivity contribution < 1.29 is 75.3 Å². The van der Waals surface area contributed by atoms with Crippen molar-refractivity contribution in [1.29, 1.82) is 0 Å². The van der Waals surface area contributed by atoms with E-state index in [1.165, 1.54) is 135 Å². The minimum atomic E-state index is -4.08. The third-order valence-electron chi connectivity index (χ3n) is 8.95. The quantitative estimate of drug-likeness (QED) is 0.0206. The molecule has 0 aliphatic rings. The predicted octanol–water partition coefficient (Wildman–Crippen LogP) is 11.2. The second-order valence-corrected chi connectivity index (χ2v) is 19.8. The first-order chi connectivity index (χ1) is 28.1. The fourth-order valence-electron chi connectivity index (χ4n) is 5.72. The molecule has 0 saturated carbocycles. The summed E-state index contributed by atoms with van der Waals surface area (Å²) in [7, 11) is -12.2. The Hall–Kier alpha value is -1.95. The molecule has 2 aromatic rings. The Bertz CT molecular complexity index is 1650. The summed E-state index contributed by atoms with van der Waals surface area (Å²) in [6.07, 6.45) is 27.4. The van der Waals surface area contributed by atoms with Crippen molar-refractivity contribution in [3.8, 4) is 0 Å². The number of rotatable bonds is 28. The number of aryl methyl sites for hydroxylation is 2. The summed E-state index contributed by atoms with van der Waals surface area (Å²) >= 11 is 0. The molecule has 0 fully saturated rings. The van der Waals surface area contributed by atoms with Gasteiger partial charge in [0, 0.05) is 33.4 Å². The van der Waals surface area contributed by atoms with E-state index in [9.17, 15) is 30.0 Å². The van der Waals surface area contributed by atoms with E-state index in [1.54, 1.807) is 38.1 Å². The Kier molecular flexibility index (Phi) is 40.0. The molecular weight excluding hydrogens is 877 g/mol. The van der Waals surface area contributed by atoms with Gasteiger partial charge in [0.15, 0.2) is 0 Å². The molecule has 0 unspecified atom stereocenters. The van der Waals surface area contributed by atoms with E-state index < -0.39 is 42.1 Å². The van der Waals surface area contributed by atoms with Crippen LogP contribution in [0.5, 0.6) is 0 Å². The van der Waals surface area contributed by atoms with Crippen molar-refractivity contribution in [2.45, 2.75) is 192 Å². The molecule has 4 N–H and O–H groups in total. The smallest absolute Gasteiger partial charge is 0.333 e. The van der Waals surface area contributed by atoms with Crippen LogP contribution in [-0.2, 0) is 74.4 Å². The summed E-state index contributed by atoms with van der Waals surface area (Å²) in [5.41, 5.74) is 2.15. The van der Waals surface area contributed by atoms with Gasteiger partial charge < -0.3 is 9.84 Å². The van der Waals surface area contributed by atoms with Crippen LogP contribution in [0.25, 0.3) is 0 Å². The number of ether oxygens (including phenoxy) is 1. The maximum absolute atomic E-state index is 11.1. The topological polar surface area (TPSA) is 210 Å². The van der Waals surface area contributed by atoms with E-state index in [-0.39, 0.29) is 49.8 Å². The molecule has 61 heavy (non-hydrogen) atoms. The van der Waals surface area contributed by atoms with Crippen molar-refractivity contribution in [2.24, 2.45) is 0 Å². The van der Waals surface area contributed by atoms with Crippen molar-refractivity contribution in [2.75, 3.05) is 12.4 Å². The molecule has 0 bridgehead atoms. The SMILES string of the molecule is C=C(C)C(=O)OCCS(=O)(=O)O.CC(C)O.CCCCCCCCCCCCc1cccc(S(=O)(=O)O)c1.CCCCCCCCCCCCc1cccc(S(=O)(=O)O)c1.[Ti]. The fraction of sp³-hybridized carbons (Fsp3) is 0.667. The van der Waals surface area contributed by atoms with Crippen molar-refractivity contribution in [3.63, 3.8) is 0 Å². The summed E-state index contributed by atoms with van der Waals surface area (Å²) in [5.74, 6) is -1.26. The molecule has 0 atom stereocenters. The zero-order valence-corrected chi connectivity index (χ0v) is 41.7. The standard InChI is InChI=1S/2C18H30O3S.C6H10O5S.C3H8O.Ti/c2*1-2-3-4-5-6-7-8-9-10-11-13-17-14-12-15-18(16-17)22(19,20)21;1-5(2)6(7)11-3-4-12(8,9)10;1-3(2)4;/h2*12,14-16H,2-11,13H2,1H3,(H,19,20,21);1,3-4H2,2H3,(H,8,9,10);3-4H,1-2H3;. The second-order valence-electron chi connectivity index (χ2n) is 15.4. The van der Waals surface area contributed by atoms with Gasteiger partial charge in [0.1, 0.15) is 12.4 Å². The van der Waals surface area contributed by atoms with Crippen LogP contribution in [0.15, 0.2) is 70.5 Å². The van der Waals surface area contributed by atoms with Crippen molar-refractivity contribution in [3.05, 3.63) is 71.8 Å². The normalized spacial score (nSPS) is 11.2. The van der Waals surface area contributed by atoms with Crippen LogP contribution in [0.1, 0.15) is 174 Å². The Labute approximate surface area is 385 Å². The second kappa shape index (κ2) is 38.5. The number of carbonyl (C=O) groups excluding carboxylic acids is 1. The van der Waals surface area contributed by atoms with Gasteiger partial charge in [-0.1, -0.05) is 160 Å².